The van der Waals surface area contributed by atoms with Crippen LogP contribution in [0.3, 0.4) is 0 Å². The van der Waals surface area contributed by atoms with E-state index >= 15 is 0 Å². The molecule has 0 fully saturated rings. The maximum absolute atomic E-state index is 9.56. The summed E-state index contributed by atoms with van der Waals surface area (Å²) in [5, 5.41) is 19.1. The lowest BCUT2D eigenvalue weighted by Gasteiger charge is -2.45. The molecule has 0 radical (unpaired) electrons. The zero-order chi connectivity index (χ0) is 15.8. The van der Waals surface area contributed by atoms with Gasteiger partial charge in [0.2, 0.25) is 0 Å². The van der Waals surface area contributed by atoms with E-state index in [2.05, 4.69) is 38.2 Å². The van der Waals surface area contributed by atoms with Crippen molar-refractivity contribution in [2.45, 2.75) is 24.7 Å². The van der Waals surface area contributed by atoms with Crippen LogP contribution in [0.15, 0.2) is 72.8 Å². The second-order valence-corrected chi connectivity index (χ2v) is 6.22. The molecule has 112 valence electrons. The molecule has 0 heterocycles. The molecule has 2 unspecified atom stereocenters. The van der Waals surface area contributed by atoms with E-state index < -0.39 is 0 Å². The third-order valence-electron chi connectivity index (χ3n) is 4.98. The zero-order valence-corrected chi connectivity index (χ0v) is 12.8. The Kier molecular flexibility index (Phi) is 3.32. The SMILES string of the molecule is CC1(c2ccc(O)cc2)C=CC=CC1(C)c1ccc(O)cc1. The number of hydrogen-bond donors (Lipinski definition) is 2. The van der Waals surface area contributed by atoms with Gasteiger partial charge in [-0.1, -0.05) is 62.4 Å². The minimum atomic E-state index is -0.244. The van der Waals surface area contributed by atoms with Gasteiger partial charge in [0.15, 0.2) is 0 Å². The molecular weight excluding hydrogens is 272 g/mol. The first-order chi connectivity index (χ1) is 10.5. The zero-order valence-electron chi connectivity index (χ0n) is 12.8. The molecule has 0 saturated heterocycles. The van der Waals surface area contributed by atoms with E-state index in [1.54, 1.807) is 24.3 Å². The highest BCUT2D eigenvalue weighted by molar-refractivity contribution is 5.50. The number of phenolic OH excluding ortho intramolecular Hbond substituents is 2. The largest absolute Gasteiger partial charge is 0.508 e. The summed E-state index contributed by atoms with van der Waals surface area (Å²) in [6.45, 7) is 4.40. The second-order valence-electron chi connectivity index (χ2n) is 6.22. The van der Waals surface area contributed by atoms with Crippen LogP contribution >= 0.6 is 0 Å². The van der Waals surface area contributed by atoms with E-state index in [-0.39, 0.29) is 22.3 Å². The van der Waals surface area contributed by atoms with Crippen molar-refractivity contribution in [3.05, 3.63) is 84.0 Å². The van der Waals surface area contributed by atoms with Crippen molar-refractivity contribution in [3.63, 3.8) is 0 Å². The maximum atomic E-state index is 9.56. The van der Waals surface area contributed by atoms with Gasteiger partial charge in [-0.05, 0) is 35.4 Å². The first-order valence-corrected chi connectivity index (χ1v) is 7.42. The molecule has 2 nitrogen and oxygen atoms in total. The van der Waals surface area contributed by atoms with Crippen LogP contribution in [0, 0.1) is 0 Å². The van der Waals surface area contributed by atoms with Gasteiger partial charge < -0.3 is 10.2 Å². The second kappa shape index (κ2) is 5.06. The van der Waals surface area contributed by atoms with Gasteiger partial charge in [0.1, 0.15) is 11.5 Å². The number of phenols is 2. The normalized spacial score (nSPS) is 27.0. The predicted molar refractivity (Wildman–Crippen MR) is 89.2 cm³/mol. The molecule has 2 atom stereocenters. The molecule has 2 heteroatoms. The van der Waals surface area contributed by atoms with Gasteiger partial charge in [-0.25, -0.2) is 0 Å². The van der Waals surface area contributed by atoms with Crippen molar-refractivity contribution >= 4 is 0 Å². The number of rotatable bonds is 2. The summed E-state index contributed by atoms with van der Waals surface area (Å²) in [5.41, 5.74) is 1.79. The summed E-state index contributed by atoms with van der Waals surface area (Å²) in [6.07, 6.45) is 8.53. The van der Waals surface area contributed by atoms with Crippen LogP contribution in [0.5, 0.6) is 11.5 Å². The number of aromatic hydroxyl groups is 2. The topological polar surface area (TPSA) is 40.5 Å². The Morgan fingerprint density at radius 3 is 1.23 bits per heavy atom. The minimum absolute atomic E-state index is 0.244. The molecule has 0 aromatic heterocycles. The average molecular weight is 292 g/mol. The molecule has 0 amide bonds. The Balaban J connectivity index is 2.15. The van der Waals surface area contributed by atoms with Crippen LogP contribution in [-0.4, -0.2) is 10.2 Å². The summed E-state index contributed by atoms with van der Waals surface area (Å²) >= 11 is 0. The van der Waals surface area contributed by atoms with Gasteiger partial charge >= 0.3 is 0 Å². The van der Waals surface area contributed by atoms with Crippen LogP contribution in [0.2, 0.25) is 0 Å². The molecule has 0 spiro atoms. The Labute approximate surface area is 131 Å². The van der Waals surface area contributed by atoms with Crippen LogP contribution in [0.1, 0.15) is 25.0 Å². The first-order valence-electron chi connectivity index (χ1n) is 7.42. The molecule has 3 rings (SSSR count). The van der Waals surface area contributed by atoms with Crippen LogP contribution in [0.4, 0.5) is 0 Å². The Bertz CT molecular complexity index is 660. The molecule has 1 aliphatic carbocycles. The van der Waals surface area contributed by atoms with Crippen molar-refractivity contribution in [2.24, 2.45) is 0 Å². The number of allylic oxidation sites excluding steroid dienone is 4. The van der Waals surface area contributed by atoms with E-state index in [1.165, 1.54) is 0 Å². The fraction of sp³-hybridized carbons (Fsp3) is 0.200. The highest BCUT2D eigenvalue weighted by atomic mass is 16.3. The molecule has 0 saturated carbocycles. The molecular formula is C20H20O2. The predicted octanol–water partition coefficient (Wildman–Crippen LogP) is 4.44. The molecule has 2 N–H and O–H groups in total. The molecule has 0 bridgehead atoms. The molecule has 22 heavy (non-hydrogen) atoms. The Morgan fingerprint density at radius 2 is 0.909 bits per heavy atom. The van der Waals surface area contributed by atoms with Gasteiger partial charge in [-0.15, -0.1) is 0 Å². The van der Waals surface area contributed by atoms with Gasteiger partial charge in [0.25, 0.3) is 0 Å². The lowest BCUT2D eigenvalue weighted by atomic mass is 9.57. The lowest BCUT2D eigenvalue weighted by Crippen LogP contribution is -2.43. The van der Waals surface area contributed by atoms with Gasteiger partial charge in [-0.3, -0.25) is 0 Å². The average Bonchev–Trinajstić information content (AvgIpc) is 2.51. The van der Waals surface area contributed by atoms with Crippen LogP contribution < -0.4 is 0 Å². The summed E-state index contributed by atoms with van der Waals surface area (Å²) in [6, 6.07) is 14.8. The third-order valence-corrected chi connectivity index (χ3v) is 4.98. The molecule has 0 aliphatic heterocycles. The van der Waals surface area contributed by atoms with Crippen LogP contribution in [0.25, 0.3) is 0 Å². The standard InChI is InChI=1S/C20H20O2/c1-19(15-5-9-17(21)10-6-15)13-3-4-14-20(19,2)16-7-11-18(22)12-8-16/h3-14,21-22H,1-2H3. The van der Waals surface area contributed by atoms with Crippen molar-refractivity contribution in [1.82, 2.24) is 0 Å². The van der Waals surface area contributed by atoms with E-state index in [1.807, 2.05) is 24.3 Å². The smallest absolute Gasteiger partial charge is 0.115 e. The fourth-order valence-electron chi connectivity index (χ4n) is 3.25. The first kappa shape index (κ1) is 14.5. The van der Waals surface area contributed by atoms with Crippen molar-refractivity contribution in [2.75, 3.05) is 0 Å². The van der Waals surface area contributed by atoms with Gasteiger partial charge in [0, 0.05) is 10.8 Å². The highest BCUT2D eigenvalue weighted by Gasteiger charge is 2.44. The van der Waals surface area contributed by atoms with E-state index in [0.717, 1.165) is 11.1 Å². The van der Waals surface area contributed by atoms with E-state index in [9.17, 15) is 10.2 Å². The Hall–Kier alpha value is -2.48. The summed E-state index contributed by atoms with van der Waals surface area (Å²) in [7, 11) is 0. The molecule has 2 aromatic rings. The summed E-state index contributed by atoms with van der Waals surface area (Å²) in [5.74, 6) is 0.544. The van der Waals surface area contributed by atoms with E-state index in [0.29, 0.717) is 0 Å². The van der Waals surface area contributed by atoms with Crippen molar-refractivity contribution in [1.29, 1.82) is 0 Å². The summed E-state index contributed by atoms with van der Waals surface area (Å²) < 4.78 is 0. The van der Waals surface area contributed by atoms with Crippen LogP contribution in [-0.2, 0) is 10.8 Å². The van der Waals surface area contributed by atoms with E-state index in [4.69, 9.17) is 0 Å². The monoisotopic (exact) mass is 292 g/mol. The number of benzene rings is 2. The molecule has 2 aromatic carbocycles. The Morgan fingerprint density at radius 1 is 0.591 bits per heavy atom. The minimum Gasteiger partial charge on any atom is -0.508 e. The van der Waals surface area contributed by atoms with Gasteiger partial charge in [-0.2, -0.15) is 0 Å². The fourth-order valence-corrected chi connectivity index (χ4v) is 3.25. The van der Waals surface area contributed by atoms with Gasteiger partial charge in [0.05, 0.1) is 0 Å². The third kappa shape index (κ3) is 2.12. The van der Waals surface area contributed by atoms with Crippen molar-refractivity contribution < 1.29 is 10.2 Å². The summed E-state index contributed by atoms with van der Waals surface area (Å²) in [4.78, 5) is 0. The van der Waals surface area contributed by atoms with Crippen molar-refractivity contribution in [3.8, 4) is 11.5 Å². The highest BCUT2D eigenvalue weighted by Crippen LogP contribution is 2.48. The molecule has 1 aliphatic rings. The lowest BCUT2D eigenvalue weighted by molar-refractivity contribution is 0.380. The maximum Gasteiger partial charge on any atom is 0.115 e. The number of hydrogen-bond acceptors (Lipinski definition) is 2. The quantitative estimate of drug-likeness (QED) is 0.859.